The van der Waals surface area contributed by atoms with E-state index in [1.807, 2.05) is 24.3 Å². The van der Waals surface area contributed by atoms with Crippen molar-refractivity contribution in [1.29, 1.82) is 0 Å². The Morgan fingerprint density at radius 3 is 2.59 bits per heavy atom. The second-order valence-electron chi connectivity index (χ2n) is 6.93. The molecule has 2 N–H and O–H groups in total. The predicted octanol–water partition coefficient (Wildman–Crippen LogP) is 2.61. The van der Waals surface area contributed by atoms with Crippen molar-refractivity contribution in [3.05, 3.63) is 59.4 Å². The highest BCUT2D eigenvalue weighted by Gasteiger charge is 2.27. The third kappa shape index (κ3) is 4.77. The number of methoxy groups -OCH3 is 1. The van der Waals surface area contributed by atoms with Crippen molar-refractivity contribution < 1.29 is 19.3 Å². The minimum atomic E-state index is -0.191. The summed E-state index contributed by atoms with van der Waals surface area (Å²) in [5.74, 6) is 0.453. The summed E-state index contributed by atoms with van der Waals surface area (Å²) in [6.07, 6.45) is 0.634. The molecule has 2 aromatic rings. The molecule has 1 heterocycles. The number of nitrogens with zero attached hydrogens (tertiary/aromatic N) is 2. The van der Waals surface area contributed by atoms with Gasteiger partial charge in [-0.2, -0.15) is 0 Å². The van der Waals surface area contributed by atoms with Crippen molar-refractivity contribution in [2.75, 3.05) is 33.4 Å². The van der Waals surface area contributed by atoms with E-state index in [2.05, 4.69) is 9.80 Å². The van der Waals surface area contributed by atoms with Gasteiger partial charge in [0.05, 0.1) is 7.11 Å². The topological polar surface area (TPSA) is 56.2 Å². The lowest BCUT2D eigenvalue weighted by atomic mass is 10.1. The van der Waals surface area contributed by atoms with E-state index in [1.165, 1.54) is 13.2 Å². The van der Waals surface area contributed by atoms with Crippen molar-refractivity contribution in [2.45, 2.75) is 25.6 Å². The van der Waals surface area contributed by atoms with Crippen molar-refractivity contribution in [3.8, 4) is 11.5 Å². The SMILES string of the molecule is COc1cccc(CN2CCN(Cc3ccccc3F)[C@H](CCO)C2)c1O. The highest BCUT2D eigenvalue weighted by Crippen LogP contribution is 2.31. The molecule has 0 bridgehead atoms. The van der Waals surface area contributed by atoms with E-state index in [0.29, 0.717) is 30.8 Å². The lowest BCUT2D eigenvalue weighted by Gasteiger charge is -2.41. The first-order valence-corrected chi connectivity index (χ1v) is 9.28. The third-order valence-electron chi connectivity index (χ3n) is 5.18. The van der Waals surface area contributed by atoms with Crippen LogP contribution < -0.4 is 4.74 Å². The fraction of sp³-hybridized carbons (Fsp3) is 0.429. The maximum atomic E-state index is 14.0. The van der Waals surface area contributed by atoms with Gasteiger partial charge in [-0.05, 0) is 18.6 Å². The number of rotatable bonds is 7. The van der Waals surface area contributed by atoms with Crippen LogP contribution in [0.2, 0.25) is 0 Å². The Morgan fingerprint density at radius 2 is 1.85 bits per heavy atom. The molecule has 146 valence electrons. The zero-order chi connectivity index (χ0) is 19.2. The lowest BCUT2D eigenvalue weighted by Crippen LogP contribution is -2.52. The molecule has 0 aliphatic carbocycles. The number of phenolic OH excluding ortho intramolecular Hbond substituents is 1. The molecular weight excluding hydrogens is 347 g/mol. The molecule has 0 radical (unpaired) electrons. The first-order chi connectivity index (χ1) is 13.1. The Hall–Kier alpha value is -2.15. The Balaban J connectivity index is 1.68. The number of ether oxygens (including phenoxy) is 1. The average Bonchev–Trinajstić information content (AvgIpc) is 2.67. The molecule has 5 nitrogen and oxygen atoms in total. The van der Waals surface area contributed by atoms with E-state index in [0.717, 1.165) is 25.2 Å². The number of piperazine rings is 1. The first-order valence-electron chi connectivity index (χ1n) is 9.28. The number of halogens is 1. The molecule has 2 aromatic carbocycles. The number of phenols is 1. The molecule has 1 aliphatic heterocycles. The zero-order valence-corrected chi connectivity index (χ0v) is 15.6. The molecule has 3 rings (SSSR count). The van der Waals surface area contributed by atoms with E-state index in [1.54, 1.807) is 12.1 Å². The maximum absolute atomic E-state index is 14.0. The van der Waals surface area contributed by atoms with E-state index in [9.17, 15) is 14.6 Å². The van der Waals surface area contributed by atoms with E-state index in [4.69, 9.17) is 4.74 Å². The maximum Gasteiger partial charge on any atom is 0.162 e. The van der Waals surface area contributed by atoms with Crippen LogP contribution in [0.1, 0.15) is 17.5 Å². The van der Waals surface area contributed by atoms with Gasteiger partial charge in [0.1, 0.15) is 5.82 Å². The van der Waals surface area contributed by atoms with Crippen molar-refractivity contribution >= 4 is 0 Å². The average molecular weight is 374 g/mol. The van der Waals surface area contributed by atoms with Crippen LogP contribution in [0.4, 0.5) is 4.39 Å². The summed E-state index contributed by atoms with van der Waals surface area (Å²) in [5, 5.41) is 19.8. The summed E-state index contributed by atoms with van der Waals surface area (Å²) in [7, 11) is 1.54. The zero-order valence-electron chi connectivity index (χ0n) is 15.6. The molecule has 1 fully saturated rings. The minimum absolute atomic E-state index is 0.0939. The molecule has 0 saturated carbocycles. The summed E-state index contributed by atoms with van der Waals surface area (Å²) in [6, 6.07) is 12.5. The standard InChI is InChI=1S/C21H27FN2O3/c1-27-20-8-4-6-17(21(20)26)13-23-10-11-24(18(15-23)9-12-25)14-16-5-2-3-7-19(16)22/h2-8,18,25-26H,9-15H2,1H3/t18-/m1/s1. The van der Waals surface area contributed by atoms with E-state index >= 15 is 0 Å². The smallest absolute Gasteiger partial charge is 0.162 e. The van der Waals surface area contributed by atoms with Crippen LogP contribution in [0, 0.1) is 5.82 Å². The number of aliphatic hydroxyl groups is 1. The van der Waals surface area contributed by atoms with Crippen LogP contribution >= 0.6 is 0 Å². The summed E-state index contributed by atoms with van der Waals surface area (Å²) in [5.41, 5.74) is 1.50. The largest absolute Gasteiger partial charge is 0.504 e. The summed E-state index contributed by atoms with van der Waals surface area (Å²) < 4.78 is 19.2. The number of aliphatic hydroxyl groups excluding tert-OH is 1. The molecule has 27 heavy (non-hydrogen) atoms. The van der Waals surface area contributed by atoms with Gasteiger partial charge in [0, 0.05) is 56.5 Å². The number of aromatic hydroxyl groups is 1. The third-order valence-corrected chi connectivity index (χ3v) is 5.18. The van der Waals surface area contributed by atoms with Gasteiger partial charge in [0.2, 0.25) is 0 Å². The normalized spacial score (nSPS) is 18.6. The van der Waals surface area contributed by atoms with Gasteiger partial charge in [0.15, 0.2) is 11.5 Å². The number of hydrogen-bond donors (Lipinski definition) is 2. The van der Waals surface area contributed by atoms with Crippen LogP contribution in [0.25, 0.3) is 0 Å². The van der Waals surface area contributed by atoms with E-state index < -0.39 is 0 Å². The Morgan fingerprint density at radius 1 is 1.07 bits per heavy atom. The molecule has 0 spiro atoms. The van der Waals surface area contributed by atoms with Crippen LogP contribution in [0.15, 0.2) is 42.5 Å². The first kappa shape index (κ1) is 19.6. The van der Waals surface area contributed by atoms with Gasteiger partial charge < -0.3 is 14.9 Å². The molecule has 1 atom stereocenters. The van der Waals surface area contributed by atoms with Crippen LogP contribution in [0.5, 0.6) is 11.5 Å². The second-order valence-corrected chi connectivity index (χ2v) is 6.93. The molecule has 6 heteroatoms. The van der Waals surface area contributed by atoms with Gasteiger partial charge in [-0.25, -0.2) is 4.39 Å². The lowest BCUT2D eigenvalue weighted by molar-refractivity contribution is 0.0489. The predicted molar refractivity (Wildman–Crippen MR) is 102 cm³/mol. The summed E-state index contributed by atoms with van der Waals surface area (Å²) in [6.45, 7) is 3.59. The molecule has 0 unspecified atom stereocenters. The van der Waals surface area contributed by atoms with Crippen LogP contribution in [0.3, 0.4) is 0 Å². The molecule has 0 aromatic heterocycles. The molecule has 1 saturated heterocycles. The van der Waals surface area contributed by atoms with Gasteiger partial charge >= 0.3 is 0 Å². The van der Waals surface area contributed by atoms with Crippen molar-refractivity contribution in [3.63, 3.8) is 0 Å². The second kappa shape index (κ2) is 9.17. The Bertz CT molecular complexity index is 756. The summed E-state index contributed by atoms with van der Waals surface area (Å²) in [4.78, 5) is 4.49. The Kier molecular flexibility index (Phi) is 6.66. The highest BCUT2D eigenvalue weighted by atomic mass is 19.1. The minimum Gasteiger partial charge on any atom is -0.504 e. The van der Waals surface area contributed by atoms with Gasteiger partial charge in [-0.1, -0.05) is 30.3 Å². The van der Waals surface area contributed by atoms with Gasteiger partial charge in [0.25, 0.3) is 0 Å². The molecule has 1 aliphatic rings. The molecule has 0 amide bonds. The number of benzene rings is 2. The fourth-order valence-corrected chi connectivity index (χ4v) is 3.68. The molecular formula is C21H27FN2O3. The van der Waals surface area contributed by atoms with E-state index in [-0.39, 0.29) is 24.2 Å². The monoisotopic (exact) mass is 374 g/mol. The van der Waals surface area contributed by atoms with Gasteiger partial charge in [-0.3, -0.25) is 9.80 Å². The highest BCUT2D eigenvalue weighted by molar-refractivity contribution is 5.45. The number of para-hydroxylation sites is 1. The van der Waals surface area contributed by atoms with Crippen molar-refractivity contribution in [1.82, 2.24) is 9.80 Å². The summed E-state index contributed by atoms with van der Waals surface area (Å²) >= 11 is 0. The fourth-order valence-electron chi connectivity index (χ4n) is 3.68. The van der Waals surface area contributed by atoms with Crippen LogP contribution in [-0.4, -0.2) is 59.4 Å². The Labute approximate surface area is 159 Å². The quantitative estimate of drug-likeness (QED) is 0.780. The van der Waals surface area contributed by atoms with Crippen LogP contribution in [-0.2, 0) is 13.1 Å². The van der Waals surface area contributed by atoms with Gasteiger partial charge in [-0.15, -0.1) is 0 Å². The number of hydrogen-bond acceptors (Lipinski definition) is 5. The van der Waals surface area contributed by atoms with Crippen molar-refractivity contribution in [2.24, 2.45) is 0 Å².